The Bertz CT molecular complexity index is 754. The summed E-state index contributed by atoms with van der Waals surface area (Å²) in [6.45, 7) is 0. The molecule has 0 bridgehead atoms. The molecule has 0 amide bonds. The van der Waals surface area contributed by atoms with E-state index in [0.717, 1.165) is 27.2 Å². The van der Waals surface area contributed by atoms with E-state index in [0.29, 0.717) is 11.4 Å². The average Bonchev–Trinajstić information content (AvgIpc) is 2.81. The van der Waals surface area contributed by atoms with Crippen molar-refractivity contribution in [2.75, 3.05) is 5.73 Å². The lowest BCUT2D eigenvalue weighted by atomic mass is 10.1. The smallest absolute Gasteiger partial charge is 0.396 e. The number of rotatable bonds is 1. The van der Waals surface area contributed by atoms with Gasteiger partial charge < -0.3 is 10.2 Å². The SMILES string of the molecule is Cn1ncc(-c2ccc3oc(=O)sc3c2)c1N. The number of nitrogens with two attached hydrogens (primary N) is 1. The van der Waals surface area contributed by atoms with E-state index in [-0.39, 0.29) is 4.94 Å². The maximum Gasteiger partial charge on any atom is 0.396 e. The lowest BCUT2D eigenvalue weighted by Crippen LogP contribution is -1.97. The number of fused-ring (bicyclic) bond motifs is 1. The number of anilines is 1. The highest BCUT2D eigenvalue weighted by atomic mass is 32.1. The van der Waals surface area contributed by atoms with Gasteiger partial charge in [0.2, 0.25) is 0 Å². The molecule has 0 unspecified atom stereocenters. The van der Waals surface area contributed by atoms with Crippen LogP contribution in [-0.4, -0.2) is 9.78 Å². The molecule has 0 aliphatic carbocycles. The van der Waals surface area contributed by atoms with Gasteiger partial charge >= 0.3 is 4.94 Å². The maximum atomic E-state index is 11.1. The zero-order valence-electron chi connectivity index (χ0n) is 9.01. The normalized spacial score (nSPS) is 11.1. The Morgan fingerprint density at radius 1 is 1.47 bits per heavy atom. The molecule has 6 heteroatoms. The minimum atomic E-state index is -0.295. The van der Waals surface area contributed by atoms with Gasteiger partial charge in [-0.05, 0) is 17.7 Å². The molecular weight excluding hydrogens is 238 g/mol. The van der Waals surface area contributed by atoms with Crippen molar-refractivity contribution in [3.63, 3.8) is 0 Å². The Morgan fingerprint density at radius 3 is 3.00 bits per heavy atom. The average molecular weight is 247 g/mol. The van der Waals surface area contributed by atoms with Gasteiger partial charge in [0.05, 0.1) is 10.9 Å². The van der Waals surface area contributed by atoms with Gasteiger partial charge in [-0.2, -0.15) is 5.10 Å². The Balaban J connectivity index is 2.24. The molecule has 2 heterocycles. The highest BCUT2D eigenvalue weighted by Crippen LogP contribution is 2.29. The van der Waals surface area contributed by atoms with E-state index in [1.54, 1.807) is 24.0 Å². The van der Waals surface area contributed by atoms with Crippen LogP contribution in [0.2, 0.25) is 0 Å². The molecule has 5 nitrogen and oxygen atoms in total. The first-order chi connectivity index (χ1) is 8.15. The molecule has 0 aliphatic heterocycles. The summed E-state index contributed by atoms with van der Waals surface area (Å²) < 4.78 is 7.43. The second-order valence-electron chi connectivity index (χ2n) is 3.68. The van der Waals surface area contributed by atoms with Gasteiger partial charge in [0, 0.05) is 12.6 Å². The minimum absolute atomic E-state index is 0.295. The molecule has 2 aromatic heterocycles. The van der Waals surface area contributed by atoms with Crippen LogP contribution in [0.15, 0.2) is 33.6 Å². The lowest BCUT2D eigenvalue weighted by Gasteiger charge is -2.00. The van der Waals surface area contributed by atoms with Crippen LogP contribution in [0.5, 0.6) is 0 Å². The molecule has 3 rings (SSSR count). The quantitative estimate of drug-likeness (QED) is 0.712. The first kappa shape index (κ1) is 10.1. The van der Waals surface area contributed by atoms with E-state index in [4.69, 9.17) is 10.2 Å². The van der Waals surface area contributed by atoms with E-state index in [1.165, 1.54) is 0 Å². The van der Waals surface area contributed by atoms with Crippen LogP contribution in [0.3, 0.4) is 0 Å². The third kappa shape index (κ3) is 1.53. The van der Waals surface area contributed by atoms with Crippen molar-refractivity contribution in [1.29, 1.82) is 0 Å². The molecule has 86 valence electrons. The predicted molar refractivity (Wildman–Crippen MR) is 67.0 cm³/mol. The van der Waals surface area contributed by atoms with Gasteiger partial charge in [0.15, 0.2) is 0 Å². The van der Waals surface area contributed by atoms with E-state index >= 15 is 0 Å². The van der Waals surface area contributed by atoms with Crippen molar-refractivity contribution in [3.05, 3.63) is 34.1 Å². The summed E-state index contributed by atoms with van der Waals surface area (Å²) in [5.41, 5.74) is 8.29. The fraction of sp³-hybridized carbons (Fsp3) is 0.0909. The highest BCUT2D eigenvalue weighted by Gasteiger charge is 2.09. The van der Waals surface area contributed by atoms with Crippen LogP contribution in [0.25, 0.3) is 21.4 Å². The van der Waals surface area contributed by atoms with Crippen molar-refractivity contribution >= 4 is 27.4 Å². The minimum Gasteiger partial charge on any atom is -0.414 e. The van der Waals surface area contributed by atoms with Crippen LogP contribution in [0, 0.1) is 0 Å². The van der Waals surface area contributed by atoms with Crippen LogP contribution in [0.1, 0.15) is 0 Å². The Morgan fingerprint density at radius 2 is 2.29 bits per heavy atom. The maximum absolute atomic E-state index is 11.1. The van der Waals surface area contributed by atoms with Gasteiger partial charge in [-0.1, -0.05) is 17.4 Å². The zero-order chi connectivity index (χ0) is 12.0. The number of aryl methyl sites for hydroxylation is 1. The molecule has 2 N–H and O–H groups in total. The molecule has 3 aromatic rings. The fourth-order valence-corrected chi connectivity index (χ4v) is 2.42. The molecule has 17 heavy (non-hydrogen) atoms. The van der Waals surface area contributed by atoms with Crippen LogP contribution in [-0.2, 0) is 7.05 Å². The topological polar surface area (TPSA) is 74.0 Å². The van der Waals surface area contributed by atoms with Gasteiger partial charge in [-0.25, -0.2) is 4.79 Å². The lowest BCUT2D eigenvalue weighted by molar-refractivity contribution is 0.585. The van der Waals surface area contributed by atoms with Crippen LogP contribution >= 0.6 is 11.3 Å². The number of aromatic nitrogens is 2. The van der Waals surface area contributed by atoms with Crippen molar-refractivity contribution in [2.24, 2.45) is 7.05 Å². The van der Waals surface area contributed by atoms with Crippen LogP contribution < -0.4 is 10.7 Å². The monoisotopic (exact) mass is 247 g/mol. The van der Waals surface area contributed by atoms with Crippen molar-refractivity contribution in [1.82, 2.24) is 9.78 Å². The molecule has 0 fully saturated rings. The molecular formula is C11H9N3O2S. The first-order valence-electron chi connectivity index (χ1n) is 4.97. The summed E-state index contributed by atoms with van der Waals surface area (Å²) in [6, 6.07) is 5.53. The second-order valence-corrected chi connectivity index (χ2v) is 4.66. The third-order valence-corrected chi connectivity index (χ3v) is 3.41. The van der Waals surface area contributed by atoms with E-state index in [2.05, 4.69) is 5.10 Å². The van der Waals surface area contributed by atoms with Gasteiger partial charge in [-0.3, -0.25) is 4.68 Å². The third-order valence-electron chi connectivity index (χ3n) is 2.63. The summed E-state index contributed by atoms with van der Waals surface area (Å²) in [6.07, 6.45) is 1.71. The van der Waals surface area contributed by atoms with Crippen LogP contribution in [0.4, 0.5) is 5.82 Å². The standard InChI is InChI=1S/C11H9N3O2S/c1-14-10(12)7(5-13-14)6-2-3-8-9(4-6)17-11(15)16-8/h2-5H,12H2,1H3. The Hall–Kier alpha value is -2.08. The summed E-state index contributed by atoms with van der Waals surface area (Å²) in [4.78, 5) is 10.8. The summed E-state index contributed by atoms with van der Waals surface area (Å²) in [5.74, 6) is 0.597. The molecule has 0 saturated carbocycles. The largest absolute Gasteiger partial charge is 0.414 e. The van der Waals surface area contributed by atoms with E-state index in [1.807, 2.05) is 12.1 Å². The van der Waals surface area contributed by atoms with Gasteiger partial charge in [0.25, 0.3) is 0 Å². The first-order valence-corrected chi connectivity index (χ1v) is 5.78. The number of benzene rings is 1. The number of hydrogen-bond donors (Lipinski definition) is 1. The molecule has 0 aliphatic rings. The molecule has 0 saturated heterocycles. The number of nitrogens with zero attached hydrogens (tertiary/aromatic N) is 2. The van der Waals surface area contributed by atoms with Gasteiger partial charge in [-0.15, -0.1) is 0 Å². The second kappa shape index (κ2) is 3.46. The zero-order valence-corrected chi connectivity index (χ0v) is 9.82. The Kier molecular flexibility index (Phi) is 2.05. The summed E-state index contributed by atoms with van der Waals surface area (Å²) >= 11 is 1.08. The summed E-state index contributed by atoms with van der Waals surface area (Å²) in [7, 11) is 1.79. The number of nitrogen functional groups attached to an aromatic ring is 1. The van der Waals surface area contributed by atoms with Crippen molar-refractivity contribution in [2.45, 2.75) is 0 Å². The number of hydrogen-bond acceptors (Lipinski definition) is 5. The molecule has 0 radical (unpaired) electrons. The molecule has 1 aromatic carbocycles. The van der Waals surface area contributed by atoms with E-state index in [9.17, 15) is 4.79 Å². The molecule has 0 spiro atoms. The van der Waals surface area contributed by atoms with Crippen molar-refractivity contribution in [3.8, 4) is 11.1 Å². The highest BCUT2D eigenvalue weighted by molar-refractivity contribution is 7.16. The van der Waals surface area contributed by atoms with Gasteiger partial charge in [0.1, 0.15) is 11.4 Å². The molecule has 0 atom stereocenters. The summed E-state index contributed by atoms with van der Waals surface area (Å²) in [5, 5.41) is 4.09. The Labute approximate surface area is 100 Å². The fourth-order valence-electron chi connectivity index (χ4n) is 1.71. The predicted octanol–water partition coefficient (Wildman–Crippen LogP) is 1.84. The van der Waals surface area contributed by atoms with E-state index < -0.39 is 0 Å². The van der Waals surface area contributed by atoms with Crippen molar-refractivity contribution < 1.29 is 4.42 Å².